The molecule has 1 aliphatic heterocycles. The van der Waals surface area contributed by atoms with Gasteiger partial charge in [0.15, 0.2) is 0 Å². The molecule has 2 rings (SSSR count). The van der Waals surface area contributed by atoms with Crippen molar-refractivity contribution in [1.82, 2.24) is 4.90 Å². The van der Waals surface area contributed by atoms with Crippen molar-refractivity contribution in [2.24, 2.45) is 0 Å². The largest absolute Gasteiger partial charge is 0.337 e. The van der Waals surface area contributed by atoms with Gasteiger partial charge in [0.2, 0.25) is 5.91 Å². The number of likely N-dealkylation sites (tertiary alicyclic amines) is 1. The fourth-order valence-electron chi connectivity index (χ4n) is 2.21. The Morgan fingerprint density at radius 1 is 1.28 bits per heavy atom. The van der Waals surface area contributed by atoms with Crippen molar-refractivity contribution in [2.45, 2.75) is 44.5 Å². The molecule has 0 aromatic heterocycles. The Balaban J connectivity index is 2.05. The van der Waals surface area contributed by atoms with E-state index in [9.17, 15) is 4.79 Å². The van der Waals surface area contributed by atoms with Crippen LogP contribution < -0.4 is 0 Å². The van der Waals surface area contributed by atoms with Crippen LogP contribution >= 0.6 is 11.6 Å². The third-order valence-corrected chi connectivity index (χ3v) is 3.65. The molecule has 1 atom stereocenters. The molecule has 0 spiro atoms. The highest BCUT2D eigenvalue weighted by molar-refractivity contribution is 6.22. The van der Waals surface area contributed by atoms with E-state index in [1.165, 1.54) is 11.1 Å². The van der Waals surface area contributed by atoms with Crippen LogP contribution in [-0.4, -0.2) is 22.7 Å². The van der Waals surface area contributed by atoms with E-state index in [4.69, 9.17) is 11.6 Å². The molecule has 18 heavy (non-hydrogen) atoms. The van der Waals surface area contributed by atoms with E-state index >= 15 is 0 Å². The Hall–Kier alpha value is -1.02. The summed E-state index contributed by atoms with van der Waals surface area (Å²) in [6.07, 6.45) is 0.474. The molecule has 0 bridgehead atoms. The minimum absolute atomic E-state index is 0.0219. The van der Waals surface area contributed by atoms with E-state index in [0.29, 0.717) is 19.5 Å². The van der Waals surface area contributed by atoms with E-state index < -0.39 is 0 Å². The molecule has 1 fully saturated rings. The number of nitrogens with zero attached hydrogens (tertiary/aromatic N) is 1. The smallest absolute Gasteiger partial charge is 0.224 e. The normalized spacial score (nSPS) is 20.6. The number of rotatable bonds is 2. The Bertz CT molecular complexity index is 433. The third-order valence-electron chi connectivity index (χ3n) is 3.36. The Kier molecular flexibility index (Phi) is 3.67. The van der Waals surface area contributed by atoms with Crippen molar-refractivity contribution in [2.75, 3.05) is 6.54 Å². The van der Waals surface area contributed by atoms with E-state index in [2.05, 4.69) is 45.0 Å². The SMILES string of the molecule is CC(C)(C)c1ccc(CN2CC(Cl)CC2=O)cc1. The average molecular weight is 266 g/mol. The molecule has 0 saturated carbocycles. The monoisotopic (exact) mass is 265 g/mol. The lowest BCUT2D eigenvalue weighted by atomic mass is 9.87. The minimum Gasteiger partial charge on any atom is -0.337 e. The zero-order valence-electron chi connectivity index (χ0n) is 11.2. The van der Waals surface area contributed by atoms with E-state index in [1.807, 2.05) is 4.90 Å². The third kappa shape index (κ3) is 3.05. The van der Waals surface area contributed by atoms with Gasteiger partial charge in [-0.25, -0.2) is 0 Å². The highest BCUT2D eigenvalue weighted by Gasteiger charge is 2.27. The summed E-state index contributed by atoms with van der Waals surface area (Å²) in [6.45, 7) is 7.94. The fraction of sp³-hybridized carbons (Fsp3) is 0.533. The van der Waals surface area contributed by atoms with Gasteiger partial charge < -0.3 is 4.90 Å². The molecular formula is C15H20ClNO. The number of benzene rings is 1. The van der Waals surface area contributed by atoms with Crippen LogP contribution in [0.2, 0.25) is 0 Å². The number of carbonyl (C=O) groups is 1. The number of halogens is 1. The molecule has 1 aliphatic rings. The quantitative estimate of drug-likeness (QED) is 0.751. The molecule has 1 saturated heterocycles. The maximum atomic E-state index is 11.7. The van der Waals surface area contributed by atoms with Crippen molar-refractivity contribution in [3.05, 3.63) is 35.4 Å². The topological polar surface area (TPSA) is 20.3 Å². The van der Waals surface area contributed by atoms with E-state index in [-0.39, 0.29) is 16.7 Å². The molecule has 1 unspecified atom stereocenters. The molecule has 2 nitrogen and oxygen atoms in total. The van der Waals surface area contributed by atoms with Crippen molar-refractivity contribution in [3.8, 4) is 0 Å². The molecule has 1 aromatic rings. The first-order chi connectivity index (χ1) is 8.36. The first-order valence-corrected chi connectivity index (χ1v) is 6.81. The highest BCUT2D eigenvalue weighted by Crippen LogP contribution is 2.23. The van der Waals surface area contributed by atoms with Crippen molar-refractivity contribution >= 4 is 17.5 Å². The first-order valence-electron chi connectivity index (χ1n) is 6.37. The van der Waals surface area contributed by atoms with E-state index in [0.717, 1.165) is 0 Å². The van der Waals surface area contributed by atoms with Crippen LogP contribution in [0.15, 0.2) is 24.3 Å². The predicted molar refractivity (Wildman–Crippen MR) is 74.8 cm³/mol. The molecule has 3 heteroatoms. The van der Waals surface area contributed by atoms with Gasteiger partial charge in [0, 0.05) is 19.5 Å². The number of carbonyl (C=O) groups excluding carboxylic acids is 1. The molecule has 0 aliphatic carbocycles. The number of alkyl halides is 1. The Labute approximate surface area is 114 Å². The molecular weight excluding hydrogens is 246 g/mol. The van der Waals surface area contributed by atoms with Gasteiger partial charge in [-0.2, -0.15) is 0 Å². The molecule has 1 heterocycles. The summed E-state index contributed by atoms with van der Waals surface area (Å²) in [6, 6.07) is 8.51. The van der Waals surface area contributed by atoms with Crippen LogP contribution in [0, 0.1) is 0 Å². The van der Waals surface area contributed by atoms with Crippen LogP contribution in [0.5, 0.6) is 0 Å². The van der Waals surface area contributed by atoms with Crippen LogP contribution in [-0.2, 0) is 16.8 Å². The summed E-state index contributed by atoms with van der Waals surface area (Å²) >= 11 is 5.99. The molecule has 1 amide bonds. The summed E-state index contributed by atoms with van der Waals surface area (Å²) in [5.74, 6) is 0.162. The van der Waals surface area contributed by atoms with Gasteiger partial charge in [0.1, 0.15) is 0 Å². The first kappa shape index (κ1) is 13.4. The van der Waals surface area contributed by atoms with Gasteiger partial charge >= 0.3 is 0 Å². The summed E-state index contributed by atoms with van der Waals surface area (Å²) in [5, 5.41) is -0.0219. The number of hydrogen-bond acceptors (Lipinski definition) is 1. The molecule has 1 aromatic carbocycles. The van der Waals surface area contributed by atoms with Gasteiger partial charge in [-0.3, -0.25) is 4.79 Å². The van der Waals surface area contributed by atoms with Gasteiger partial charge in [-0.15, -0.1) is 11.6 Å². The minimum atomic E-state index is -0.0219. The van der Waals surface area contributed by atoms with Gasteiger partial charge in [-0.05, 0) is 16.5 Å². The lowest BCUT2D eigenvalue weighted by molar-refractivity contribution is -0.128. The van der Waals surface area contributed by atoms with Crippen LogP contribution in [0.25, 0.3) is 0 Å². The van der Waals surface area contributed by atoms with Crippen molar-refractivity contribution in [3.63, 3.8) is 0 Å². The number of hydrogen-bond donors (Lipinski definition) is 0. The maximum Gasteiger partial charge on any atom is 0.224 e. The summed E-state index contributed by atoms with van der Waals surface area (Å²) in [7, 11) is 0. The molecule has 0 N–H and O–H groups in total. The second-order valence-corrected chi connectivity index (χ2v) is 6.64. The fourth-order valence-corrected chi connectivity index (χ4v) is 2.51. The summed E-state index contributed by atoms with van der Waals surface area (Å²) < 4.78 is 0. The maximum absolute atomic E-state index is 11.7. The number of amides is 1. The van der Waals surface area contributed by atoms with Crippen LogP contribution in [0.4, 0.5) is 0 Å². The van der Waals surface area contributed by atoms with Crippen LogP contribution in [0.1, 0.15) is 38.3 Å². The molecule has 0 radical (unpaired) electrons. The second-order valence-electron chi connectivity index (χ2n) is 6.02. The summed E-state index contributed by atoms with van der Waals surface area (Å²) in [5.41, 5.74) is 2.65. The zero-order chi connectivity index (χ0) is 13.3. The van der Waals surface area contributed by atoms with Crippen molar-refractivity contribution < 1.29 is 4.79 Å². The van der Waals surface area contributed by atoms with Gasteiger partial charge in [0.05, 0.1) is 5.38 Å². The van der Waals surface area contributed by atoms with Crippen molar-refractivity contribution in [1.29, 1.82) is 0 Å². The van der Waals surface area contributed by atoms with Gasteiger partial charge in [-0.1, -0.05) is 45.0 Å². The lowest BCUT2D eigenvalue weighted by Crippen LogP contribution is -2.24. The highest BCUT2D eigenvalue weighted by atomic mass is 35.5. The predicted octanol–water partition coefficient (Wildman–Crippen LogP) is 3.32. The second kappa shape index (κ2) is 4.93. The van der Waals surface area contributed by atoms with Gasteiger partial charge in [0.25, 0.3) is 0 Å². The van der Waals surface area contributed by atoms with E-state index in [1.54, 1.807) is 0 Å². The Morgan fingerprint density at radius 3 is 2.33 bits per heavy atom. The molecule has 98 valence electrons. The zero-order valence-corrected chi connectivity index (χ0v) is 12.0. The van der Waals surface area contributed by atoms with Crippen LogP contribution in [0.3, 0.4) is 0 Å². The average Bonchev–Trinajstić information content (AvgIpc) is 2.57. The Morgan fingerprint density at radius 2 is 1.89 bits per heavy atom. The lowest BCUT2D eigenvalue weighted by Gasteiger charge is -2.20. The summed E-state index contributed by atoms with van der Waals surface area (Å²) in [4.78, 5) is 13.5. The standard InChI is InChI=1S/C15H20ClNO/c1-15(2,3)12-6-4-11(5-7-12)9-17-10-13(16)8-14(17)18/h4-7,13H,8-10H2,1-3H3.